The summed E-state index contributed by atoms with van der Waals surface area (Å²) in [5.41, 5.74) is 6.56. The smallest absolute Gasteiger partial charge is 0.194 e. The molecule has 9 saturated carbocycles. The molecule has 9 aliphatic rings. The Hall–Kier alpha value is -4.73. The zero-order chi connectivity index (χ0) is 89.1. The van der Waals surface area contributed by atoms with Gasteiger partial charge in [-0.1, -0.05) is 286 Å². The third-order valence-corrected chi connectivity index (χ3v) is 34.1. The number of hydrogen-bond donors (Lipinski definition) is 0. The normalized spacial score (nSPS) is 28.3. The SMILES string of the molecule is CCCC1CCC(C2CCC(CCc3cc(F)c(F)c(F)c3)CC2)CC1.CCCC1CCC(C2CCC(c3ccc(Cl)cc3)CC2)CC1.CCCCCC1CCC(C2CCC(CCc3cc(F)c(F)c(F)c3)CC2)CC1.CCCCCC1CCC(C2CCC(c3ccc(Cl)cc3)CC2)CC1.CCCCCC1CCC(c2ccc(-c3cc(F)c(F)c(F)c3)cc2)CC1. The largest absolute Gasteiger partial charge is 0.204 e. The molecule has 15 rings (SSSR count). The number of benzene rings is 6. The average Bonchev–Trinajstić information content (AvgIpc) is 0.855. The van der Waals surface area contributed by atoms with E-state index in [1.54, 1.807) is 0 Å². The van der Waals surface area contributed by atoms with Crippen LogP contribution in [0.3, 0.4) is 0 Å². The lowest BCUT2D eigenvalue weighted by Crippen LogP contribution is -2.26. The molecule has 0 heterocycles. The Balaban J connectivity index is 0.000000153. The highest BCUT2D eigenvalue weighted by Crippen LogP contribution is 2.50. The van der Waals surface area contributed by atoms with Crippen LogP contribution in [0.2, 0.25) is 10.0 Å². The lowest BCUT2D eigenvalue weighted by atomic mass is 9.68. The van der Waals surface area contributed by atoms with Gasteiger partial charge in [0.25, 0.3) is 0 Å². The van der Waals surface area contributed by atoms with E-state index in [4.69, 9.17) is 23.2 Å². The van der Waals surface area contributed by atoms with Crippen molar-refractivity contribution in [3.8, 4) is 11.1 Å². The Bertz CT molecular complexity index is 3900. The van der Waals surface area contributed by atoms with Gasteiger partial charge in [-0.3, -0.25) is 0 Å². The van der Waals surface area contributed by atoms with E-state index in [0.29, 0.717) is 52.8 Å². The standard InChI is InChI=1S/C25H37F3.C23H35Cl.C23H33F3.C23H27F3.C21H31Cl/c1-2-3-4-5-18-8-12-21(13-9-18)22-14-10-19(11-15-22)6-7-20-16-23(26)25(28)24(27)17-20;1-2-3-4-5-18-6-8-19(9-7-18)20-10-12-21(13-11-20)22-14-16-23(24)17-15-22;1-2-3-16-6-10-19(11-7-16)20-12-8-17(9-13-20)4-5-18-14-21(24)23(26)22(25)15-18;1-2-3-4-5-16-6-8-17(9-7-16)18-10-12-19(13-11-18)20-14-21(24)23(26)22(25)15-20;1-2-3-16-4-6-17(7-5-16)18-8-10-19(11-9-18)20-12-14-21(22)15-13-20/h16-19,21-22H,2-15H2,1H3;14-21H,2-13H2,1H3;14-17,19-20H,2-13H2,1H3;10-17H,2-9H2,1H3;12-19H,2-11H2,1H3. The van der Waals surface area contributed by atoms with Crippen molar-refractivity contribution >= 4 is 23.2 Å². The van der Waals surface area contributed by atoms with E-state index < -0.39 is 52.4 Å². The van der Waals surface area contributed by atoms with Crippen LogP contribution in [0.15, 0.2) is 109 Å². The van der Waals surface area contributed by atoms with Crippen molar-refractivity contribution in [3.05, 3.63) is 199 Å². The fourth-order valence-corrected chi connectivity index (χ4v) is 25.8. The Morgan fingerprint density at radius 1 is 0.214 bits per heavy atom. The maximum Gasteiger partial charge on any atom is 0.194 e. The first-order valence-corrected chi connectivity index (χ1v) is 53.0. The molecule has 0 bridgehead atoms. The van der Waals surface area contributed by atoms with Gasteiger partial charge in [-0.05, 0) is 386 Å². The summed E-state index contributed by atoms with van der Waals surface area (Å²) in [6.45, 7) is 11.5. The van der Waals surface area contributed by atoms with Crippen LogP contribution in [0.1, 0.15) is 427 Å². The van der Waals surface area contributed by atoms with Gasteiger partial charge in [-0.2, -0.15) is 0 Å². The summed E-state index contributed by atoms with van der Waals surface area (Å²) in [4.78, 5) is 0. The molecule has 6 aromatic rings. The molecule has 700 valence electrons. The minimum atomic E-state index is -1.42. The van der Waals surface area contributed by atoms with Crippen molar-refractivity contribution in [2.45, 2.75) is 412 Å². The Labute approximate surface area is 769 Å². The minimum absolute atomic E-state index is 0.368. The van der Waals surface area contributed by atoms with Gasteiger partial charge in [0.1, 0.15) is 0 Å². The molecule has 0 radical (unpaired) electrons. The van der Waals surface area contributed by atoms with E-state index in [1.165, 1.54) is 351 Å². The molecular weight excluding hydrogens is 1620 g/mol. The van der Waals surface area contributed by atoms with Crippen molar-refractivity contribution in [3.63, 3.8) is 0 Å². The minimum Gasteiger partial charge on any atom is -0.204 e. The topological polar surface area (TPSA) is 0 Å². The molecule has 0 N–H and O–H groups in total. The second kappa shape index (κ2) is 54.4. The van der Waals surface area contributed by atoms with Gasteiger partial charge in [0, 0.05) is 10.0 Å². The predicted molar refractivity (Wildman–Crippen MR) is 513 cm³/mol. The highest BCUT2D eigenvalue weighted by atomic mass is 35.5. The summed E-state index contributed by atoms with van der Waals surface area (Å²) in [5.74, 6) is 5.47. The van der Waals surface area contributed by atoms with Gasteiger partial charge < -0.3 is 0 Å². The van der Waals surface area contributed by atoms with E-state index in [2.05, 4.69) is 95.3 Å². The second-order valence-corrected chi connectivity index (χ2v) is 42.9. The molecule has 6 aromatic carbocycles. The van der Waals surface area contributed by atoms with Gasteiger partial charge in [-0.15, -0.1) is 0 Å². The molecule has 126 heavy (non-hydrogen) atoms. The summed E-state index contributed by atoms with van der Waals surface area (Å²) >= 11 is 12.0. The molecular formula is C115H163Cl2F9. The molecule has 0 saturated heterocycles. The first kappa shape index (κ1) is 102. The Kier molecular flexibility index (Phi) is 44.0. The second-order valence-electron chi connectivity index (χ2n) is 42.0. The van der Waals surface area contributed by atoms with Gasteiger partial charge in [0.05, 0.1) is 0 Å². The van der Waals surface area contributed by atoms with E-state index in [1.807, 2.05) is 12.1 Å². The van der Waals surface area contributed by atoms with Crippen molar-refractivity contribution in [2.75, 3.05) is 0 Å². The number of hydrogen-bond acceptors (Lipinski definition) is 0. The van der Waals surface area contributed by atoms with Crippen molar-refractivity contribution < 1.29 is 39.5 Å². The van der Waals surface area contributed by atoms with Crippen LogP contribution in [-0.2, 0) is 12.8 Å². The molecule has 0 aliphatic heterocycles. The van der Waals surface area contributed by atoms with Crippen molar-refractivity contribution in [2.24, 2.45) is 88.8 Å². The van der Waals surface area contributed by atoms with Crippen LogP contribution in [0.4, 0.5) is 39.5 Å². The highest BCUT2D eigenvalue weighted by molar-refractivity contribution is 6.30. The summed E-state index contributed by atoms with van der Waals surface area (Å²) in [7, 11) is 0. The lowest BCUT2D eigenvalue weighted by molar-refractivity contribution is 0.140. The van der Waals surface area contributed by atoms with Crippen LogP contribution in [0, 0.1) is 141 Å². The van der Waals surface area contributed by atoms with Gasteiger partial charge >= 0.3 is 0 Å². The number of unbranched alkanes of at least 4 members (excludes halogenated alkanes) is 6. The number of rotatable bonds is 30. The van der Waals surface area contributed by atoms with E-state index in [0.717, 1.165) is 148 Å². The van der Waals surface area contributed by atoms with Crippen LogP contribution < -0.4 is 0 Å². The predicted octanol–water partition coefficient (Wildman–Crippen LogP) is 38.5. The first-order chi connectivity index (χ1) is 61.2. The fraction of sp³-hybridized carbons (Fsp3) is 0.687. The molecule has 0 amide bonds. The van der Waals surface area contributed by atoms with E-state index in [-0.39, 0.29) is 0 Å². The maximum atomic E-state index is 13.4. The monoisotopic (exact) mass is 1790 g/mol. The average molecular weight is 1790 g/mol. The van der Waals surface area contributed by atoms with Crippen LogP contribution in [0.5, 0.6) is 0 Å². The fourth-order valence-electron chi connectivity index (χ4n) is 25.6. The van der Waals surface area contributed by atoms with Gasteiger partial charge in [-0.25, -0.2) is 39.5 Å². The third-order valence-electron chi connectivity index (χ3n) is 33.6. The highest BCUT2D eigenvalue weighted by Gasteiger charge is 2.37. The van der Waals surface area contributed by atoms with Gasteiger partial charge in [0.2, 0.25) is 0 Å². The molecule has 0 spiro atoms. The summed E-state index contributed by atoms with van der Waals surface area (Å²) < 4.78 is 119. The first-order valence-electron chi connectivity index (χ1n) is 52.3. The summed E-state index contributed by atoms with van der Waals surface area (Å²) in [6.07, 6.45) is 75.7. The zero-order valence-corrected chi connectivity index (χ0v) is 80.1. The van der Waals surface area contributed by atoms with E-state index >= 15 is 0 Å². The summed E-state index contributed by atoms with van der Waals surface area (Å²) in [5, 5.41) is 1.73. The summed E-state index contributed by atoms with van der Waals surface area (Å²) in [6, 6.07) is 31.8. The Morgan fingerprint density at radius 2 is 0.421 bits per heavy atom. The van der Waals surface area contributed by atoms with Crippen molar-refractivity contribution in [1.82, 2.24) is 0 Å². The number of aryl methyl sites for hydroxylation is 2. The molecule has 11 heteroatoms. The molecule has 0 unspecified atom stereocenters. The molecule has 0 atom stereocenters. The van der Waals surface area contributed by atoms with E-state index in [9.17, 15) is 39.5 Å². The third kappa shape index (κ3) is 32.6. The maximum absolute atomic E-state index is 13.4. The quantitative estimate of drug-likeness (QED) is 0.0240. The lowest BCUT2D eigenvalue weighted by Gasteiger charge is -2.38. The van der Waals surface area contributed by atoms with Crippen molar-refractivity contribution in [1.29, 1.82) is 0 Å². The molecule has 9 aliphatic carbocycles. The number of halogens is 11. The molecule has 0 nitrogen and oxygen atoms in total. The van der Waals surface area contributed by atoms with Crippen LogP contribution in [-0.4, -0.2) is 0 Å². The molecule has 0 aromatic heterocycles. The van der Waals surface area contributed by atoms with Gasteiger partial charge in [0.15, 0.2) is 52.4 Å². The molecule has 9 fully saturated rings. The zero-order valence-electron chi connectivity index (χ0n) is 78.5. The van der Waals surface area contributed by atoms with Crippen LogP contribution in [0.25, 0.3) is 11.1 Å². The Morgan fingerprint density at radius 3 is 0.667 bits per heavy atom. The van der Waals surface area contributed by atoms with Crippen LogP contribution >= 0.6 is 23.2 Å².